The van der Waals surface area contributed by atoms with Crippen molar-refractivity contribution in [3.63, 3.8) is 0 Å². The Morgan fingerprint density at radius 1 is 1.20 bits per heavy atom. The Kier molecular flexibility index (Phi) is 11.6. The van der Waals surface area contributed by atoms with Gasteiger partial charge in [0.25, 0.3) is 0 Å². The summed E-state index contributed by atoms with van der Waals surface area (Å²) in [4.78, 5) is 6.82. The molecule has 0 atom stereocenters. The monoisotopic (exact) mass is 393 g/mol. The lowest BCUT2D eigenvalue weighted by Gasteiger charge is -2.14. The molecule has 0 radical (unpaired) electrons. The van der Waals surface area contributed by atoms with Crippen molar-refractivity contribution < 1.29 is 0 Å². The number of nitrogens with zero attached hydrogens (tertiary/aromatic N) is 3. The van der Waals surface area contributed by atoms with E-state index in [9.17, 15) is 0 Å². The van der Waals surface area contributed by atoms with Gasteiger partial charge in [0.1, 0.15) is 0 Å². The van der Waals surface area contributed by atoms with Crippen LogP contribution in [0.2, 0.25) is 0 Å². The van der Waals surface area contributed by atoms with Crippen LogP contribution in [-0.4, -0.2) is 55.2 Å². The fourth-order valence-electron chi connectivity index (χ4n) is 1.66. The van der Waals surface area contributed by atoms with Crippen LogP contribution in [0.3, 0.4) is 0 Å². The van der Waals surface area contributed by atoms with E-state index < -0.39 is 0 Å². The van der Waals surface area contributed by atoms with Crippen molar-refractivity contribution in [1.82, 2.24) is 20.1 Å². The summed E-state index contributed by atoms with van der Waals surface area (Å²) in [5.41, 5.74) is 0. The lowest BCUT2D eigenvalue weighted by atomic mass is 10.5. The first-order chi connectivity index (χ1) is 9.26. The van der Waals surface area contributed by atoms with Crippen LogP contribution in [0.1, 0.15) is 13.8 Å². The van der Waals surface area contributed by atoms with Gasteiger partial charge >= 0.3 is 0 Å². The second kappa shape index (κ2) is 12.0. The molecular weight excluding hydrogens is 365 g/mol. The molecule has 6 heteroatoms. The molecule has 0 fully saturated rings. The minimum Gasteiger partial charge on any atom is -0.357 e. The van der Waals surface area contributed by atoms with Gasteiger partial charge in [0, 0.05) is 38.6 Å². The van der Waals surface area contributed by atoms with Crippen LogP contribution < -0.4 is 10.6 Å². The maximum atomic E-state index is 4.56. The number of aromatic nitrogens is 1. The largest absolute Gasteiger partial charge is 0.357 e. The van der Waals surface area contributed by atoms with Gasteiger partial charge in [-0.25, -0.2) is 0 Å². The van der Waals surface area contributed by atoms with Gasteiger partial charge in [-0.1, -0.05) is 6.92 Å². The highest BCUT2D eigenvalue weighted by Crippen LogP contribution is 1.88. The van der Waals surface area contributed by atoms with Crippen molar-refractivity contribution in [3.8, 4) is 0 Å². The van der Waals surface area contributed by atoms with E-state index in [-0.39, 0.29) is 24.0 Å². The smallest absolute Gasteiger partial charge is 0.191 e. The average molecular weight is 393 g/mol. The third kappa shape index (κ3) is 8.42. The van der Waals surface area contributed by atoms with Crippen molar-refractivity contribution in [2.75, 3.05) is 39.8 Å². The zero-order valence-corrected chi connectivity index (χ0v) is 15.1. The maximum Gasteiger partial charge on any atom is 0.191 e. The zero-order valence-electron chi connectivity index (χ0n) is 12.8. The van der Waals surface area contributed by atoms with E-state index in [1.807, 2.05) is 12.1 Å². The van der Waals surface area contributed by atoms with Crippen LogP contribution in [0.4, 0.5) is 0 Å². The summed E-state index contributed by atoms with van der Waals surface area (Å²) in [5, 5.41) is 6.62. The number of hydrogen-bond donors (Lipinski definition) is 2. The van der Waals surface area contributed by atoms with E-state index in [1.54, 1.807) is 0 Å². The molecule has 0 bridgehead atoms. The molecule has 0 saturated carbocycles. The number of rotatable bonds is 8. The predicted octanol–water partition coefficient (Wildman–Crippen LogP) is 1.61. The lowest BCUT2D eigenvalue weighted by Crippen LogP contribution is -2.39. The average Bonchev–Trinajstić information content (AvgIpc) is 2.91. The van der Waals surface area contributed by atoms with Crippen molar-refractivity contribution in [3.05, 3.63) is 24.5 Å². The maximum absolute atomic E-state index is 4.56. The molecule has 0 aliphatic heterocycles. The van der Waals surface area contributed by atoms with E-state index in [4.69, 9.17) is 0 Å². The summed E-state index contributed by atoms with van der Waals surface area (Å²) < 4.78 is 2.15. The second-order valence-corrected chi connectivity index (χ2v) is 4.50. The van der Waals surface area contributed by atoms with Crippen molar-refractivity contribution in [2.24, 2.45) is 4.99 Å². The highest BCUT2D eigenvalue weighted by Gasteiger charge is 1.97. The highest BCUT2D eigenvalue weighted by molar-refractivity contribution is 14.0. The summed E-state index contributed by atoms with van der Waals surface area (Å²) in [6.07, 6.45) is 4.14. The fraction of sp³-hybridized carbons (Fsp3) is 0.643. The molecule has 116 valence electrons. The quantitative estimate of drug-likeness (QED) is 0.401. The van der Waals surface area contributed by atoms with Crippen LogP contribution >= 0.6 is 24.0 Å². The normalized spacial score (nSPS) is 11.3. The minimum atomic E-state index is 0. The Morgan fingerprint density at radius 2 is 1.90 bits per heavy atom. The molecule has 1 rings (SSSR count). The second-order valence-electron chi connectivity index (χ2n) is 4.50. The minimum absolute atomic E-state index is 0. The molecule has 0 amide bonds. The highest BCUT2D eigenvalue weighted by atomic mass is 127. The number of aliphatic imine (C=N–C) groups is 1. The van der Waals surface area contributed by atoms with Gasteiger partial charge in [-0.2, -0.15) is 0 Å². The first kappa shape index (κ1) is 19.2. The molecule has 20 heavy (non-hydrogen) atoms. The van der Waals surface area contributed by atoms with E-state index >= 15 is 0 Å². The van der Waals surface area contributed by atoms with Crippen LogP contribution in [0.5, 0.6) is 0 Å². The third-order valence-corrected chi connectivity index (χ3v) is 2.96. The number of hydrogen-bond acceptors (Lipinski definition) is 2. The first-order valence-corrected chi connectivity index (χ1v) is 7.07. The van der Waals surface area contributed by atoms with Gasteiger partial charge in [0.15, 0.2) is 5.96 Å². The molecule has 0 saturated heterocycles. The Bertz CT molecular complexity index is 350. The third-order valence-electron chi connectivity index (χ3n) is 2.96. The lowest BCUT2D eigenvalue weighted by molar-refractivity contribution is 0.363. The van der Waals surface area contributed by atoms with Gasteiger partial charge in [-0.05, 0) is 32.6 Å². The molecule has 1 heterocycles. The van der Waals surface area contributed by atoms with E-state index in [0.29, 0.717) is 0 Å². The van der Waals surface area contributed by atoms with Gasteiger partial charge in [-0.3, -0.25) is 4.99 Å². The molecule has 0 aliphatic rings. The van der Waals surface area contributed by atoms with Crippen LogP contribution in [0.15, 0.2) is 29.5 Å². The zero-order chi connectivity index (χ0) is 13.9. The van der Waals surface area contributed by atoms with E-state index in [0.717, 1.165) is 45.2 Å². The molecule has 5 nitrogen and oxygen atoms in total. The number of nitrogens with one attached hydrogen (secondary N) is 2. The standard InChI is InChI=1S/C14H27N5.HI/c1-4-15-14(16-8-12-18(3)5-2)17-9-13-19-10-6-7-11-19;/h6-7,10-11H,4-5,8-9,12-13H2,1-3H3,(H2,15,16,17);1H. The van der Waals surface area contributed by atoms with Crippen molar-refractivity contribution >= 4 is 29.9 Å². The summed E-state index contributed by atoms with van der Waals surface area (Å²) in [6, 6.07) is 4.08. The number of halogens is 1. The van der Waals surface area contributed by atoms with Crippen LogP contribution in [0.25, 0.3) is 0 Å². The summed E-state index contributed by atoms with van der Waals surface area (Å²) in [5.74, 6) is 0.902. The van der Waals surface area contributed by atoms with Crippen molar-refractivity contribution in [2.45, 2.75) is 20.4 Å². The summed E-state index contributed by atoms with van der Waals surface area (Å²) in [7, 11) is 2.11. The molecule has 2 N–H and O–H groups in total. The molecule has 0 unspecified atom stereocenters. The topological polar surface area (TPSA) is 44.6 Å². The molecule has 1 aromatic heterocycles. The summed E-state index contributed by atoms with van der Waals surface area (Å²) >= 11 is 0. The Morgan fingerprint density at radius 3 is 2.50 bits per heavy atom. The molecule has 0 aliphatic carbocycles. The predicted molar refractivity (Wildman–Crippen MR) is 97.0 cm³/mol. The Labute approximate surface area is 139 Å². The van der Waals surface area contributed by atoms with Gasteiger partial charge in [0.05, 0.1) is 6.54 Å². The molecule has 0 spiro atoms. The SMILES string of the molecule is CCNC(=NCCN(C)CC)NCCn1cccc1.I. The number of likely N-dealkylation sites (N-methyl/N-ethyl adjacent to an activating group) is 1. The summed E-state index contributed by atoms with van der Waals surface area (Å²) in [6.45, 7) is 9.84. The molecule has 1 aromatic rings. The molecule has 0 aromatic carbocycles. The first-order valence-electron chi connectivity index (χ1n) is 7.07. The number of guanidine groups is 1. The van der Waals surface area contributed by atoms with E-state index in [2.05, 4.69) is 58.4 Å². The van der Waals surface area contributed by atoms with Crippen molar-refractivity contribution in [1.29, 1.82) is 0 Å². The Hall–Kier alpha value is -0.760. The molecular formula is C14H28IN5. The van der Waals surface area contributed by atoms with E-state index in [1.165, 1.54) is 0 Å². The van der Waals surface area contributed by atoms with Gasteiger partial charge in [0.2, 0.25) is 0 Å². The van der Waals surface area contributed by atoms with Gasteiger partial charge in [-0.15, -0.1) is 24.0 Å². The van der Waals surface area contributed by atoms with Gasteiger partial charge < -0.3 is 20.1 Å². The Balaban J connectivity index is 0.00000361. The van der Waals surface area contributed by atoms with Crippen LogP contribution in [0, 0.1) is 0 Å². The fourth-order valence-corrected chi connectivity index (χ4v) is 1.66. The van der Waals surface area contributed by atoms with Crippen LogP contribution in [-0.2, 0) is 6.54 Å².